The molecule has 0 fully saturated rings. The highest BCUT2D eigenvalue weighted by molar-refractivity contribution is 5.75. The molecule has 1 heterocycles. The lowest BCUT2D eigenvalue weighted by molar-refractivity contribution is -0.121. The van der Waals surface area contributed by atoms with Gasteiger partial charge in [-0.05, 0) is 6.92 Å². The molecule has 1 amide bonds. The molecular formula is C10H15N3O. The summed E-state index contributed by atoms with van der Waals surface area (Å²) < 4.78 is 0. The summed E-state index contributed by atoms with van der Waals surface area (Å²) >= 11 is 0. The van der Waals surface area contributed by atoms with E-state index in [0.717, 1.165) is 6.42 Å². The third kappa shape index (κ3) is 3.17. The van der Waals surface area contributed by atoms with Crippen LogP contribution in [-0.2, 0) is 4.79 Å². The third-order valence-corrected chi connectivity index (χ3v) is 2.18. The van der Waals surface area contributed by atoms with E-state index in [1.807, 2.05) is 6.92 Å². The molecule has 0 bridgehead atoms. The maximum Gasteiger partial charge on any atom is 0.220 e. The van der Waals surface area contributed by atoms with E-state index in [1.165, 1.54) is 0 Å². The van der Waals surface area contributed by atoms with Gasteiger partial charge in [0.15, 0.2) is 5.66 Å². The second-order valence-electron chi connectivity index (χ2n) is 3.34. The summed E-state index contributed by atoms with van der Waals surface area (Å²) in [5, 5.41) is 10.6. The van der Waals surface area contributed by atoms with Crippen molar-refractivity contribution in [2.45, 2.75) is 38.3 Å². The molecule has 1 N–H and O–H groups in total. The SMILES string of the molecule is C#CCCC1(CCC(=O)NCC)N=N1. The van der Waals surface area contributed by atoms with Gasteiger partial charge in [-0.25, -0.2) is 0 Å². The molecule has 0 spiro atoms. The van der Waals surface area contributed by atoms with E-state index in [-0.39, 0.29) is 11.6 Å². The van der Waals surface area contributed by atoms with Gasteiger partial charge in [0.25, 0.3) is 0 Å². The average molecular weight is 193 g/mol. The quantitative estimate of drug-likeness (QED) is 0.638. The summed E-state index contributed by atoms with van der Waals surface area (Å²) in [6, 6.07) is 0. The third-order valence-electron chi connectivity index (χ3n) is 2.18. The van der Waals surface area contributed by atoms with Crippen molar-refractivity contribution in [1.82, 2.24) is 5.32 Å². The topological polar surface area (TPSA) is 53.8 Å². The van der Waals surface area contributed by atoms with Gasteiger partial charge in [0.2, 0.25) is 5.91 Å². The number of amides is 1. The number of terminal acetylenes is 1. The van der Waals surface area contributed by atoms with Crippen LogP contribution in [0.1, 0.15) is 32.6 Å². The Kier molecular flexibility index (Phi) is 3.63. The molecule has 4 heteroatoms. The number of carbonyl (C=O) groups excluding carboxylic acids is 1. The van der Waals surface area contributed by atoms with Gasteiger partial charge in [0, 0.05) is 32.2 Å². The molecule has 0 saturated carbocycles. The van der Waals surface area contributed by atoms with Crippen LogP contribution in [0.25, 0.3) is 0 Å². The first kappa shape index (κ1) is 10.7. The number of rotatable bonds is 6. The average Bonchev–Trinajstić information content (AvgIpc) is 2.93. The summed E-state index contributed by atoms with van der Waals surface area (Å²) in [5.74, 6) is 2.62. The van der Waals surface area contributed by atoms with E-state index in [0.29, 0.717) is 25.8 Å². The summed E-state index contributed by atoms with van der Waals surface area (Å²) in [6.45, 7) is 2.57. The lowest BCUT2D eigenvalue weighted by Gasteiger charge is -2.07. The van der Waals surface area contributed by atoms with Gasteiger partial charge in [-0.2, -0.15) is 10.2 Å². The molecule has 0 atom stereocenters. The summed E-state index contributed by atoms with van der Waals surface area (Å²) in [7, 11) is 0. The van der Waals surface area contributed by atoms with Crippen LogP contribution < -0.4 is 5.32 Å². The molecule has 1 rings (SSSR count). The van der Waals surface area contributed by atoms with Gasteiger partial charge in [0.05, 0.1) is 0 Å². The van der Waals surface area contributed by atoms with Crippen LogP contribution in [0.4, 0.5) is 0 Å². The van der Waals surface area contributed by atoms with E-state index in [2.05, 4.69) is 21.5 Å². The molecule has 4 nitrogen and oxygen atoms in total. The lowest BCUT2D eigenvalue weighted by atomic mass is 10.0. The molecule has 0 aromatic heterocycles. The van der Waals surface area contributed by atoms with Crippen LogP contribution in [0.5, 0.6) is 0 Å². The fourth-order valence-corrected chi connectivity index (χ4v) is 1.27. The van der Waals surface area contributed by atoms with Crippen LogP contribution in [-0.4, -0.2) is 18.1 Å². The predicted octanol–water partition coefficient (Wildman–Crippen LogP) is 1.48. The van der Waals surface area contributed by atoms with E-state index < -0.39 is 0 Å². The standard InChI is InChI=1S/C10H15N3O/c1-3-5-7-10(12-13-10)8-6-9(14)11-4-2/h1H,4-8H2,2H3,(H,11,14). The Balaban J connectivity index is 2.18. The number of hydrogen-bond donors (Lipinski definition) is 1. The molecule has 0 aliphatic carbocycles. The number of carbonyl (C=O) groups is 1. The van der Waals surface area contributed by atoms with Crippen LogP contribution in [0.2, 0.25) is 0 Å². The van der Waals surface area contributed by atoms with Gasteiger partial charge in [-0.3, -0.25) is 4.79 Å². The zero-order valence-corrected chi connectivity index (χ0v) is 8.42. The minimum Gasteiger partial charge on any atom is -0.356 e. The van der Waals surface area contributed by atoms with Crippen molar-refractivity contribution >= 4 is 5.91 Å². The van der Waals surface area contributed by atoms with E-state index in [1.54, 1.807) is 0 Å². The number of hydrogen-bond acceptors (Lipinski definition) is 3. The fraction of sp³-hybridized carbons (Fsp3) is 0.700. The van der Waals surface area contributed by atoms with Gasteiger partial charge in [-0.1, -0.05) is 0 Å². The largest absolute Gasteiger partial charge is 0.356 e. The first-order valence-electron chi connectivity index (χ1n) is 4.86. The van der Waals surface area contributed by atoms with Gasteiger partial charge < -0.3 is 5.32 Å². The minimum atomic E-state index is -0.322. The van der Waals surface area contributed by atoms with Crippen LogP contribution in [0.15, 0.2) is 10.2 Å². The molecule has 14 heavy (non-hydrogen) atoms. The summed E-state index contributed by atoms with van der Waals surface area (Å²) in [5.41, 5.74) is -0.322. The second kappa shape index (κ2) is 4.75. The highest BCUT2D eigenvalue weighted by atomic mass is 16.1. The smallest absolute Gasteiger partial charge is 0.220 e. The Hall–Kier alpha value is -1.37. The Morgan fingerprint density at radius 2 is 2.21 bits per heavy atom. The van der Waals surface area contributed by atoms with Crippen molar-refractivity contribution in [3.63, 3.8) is 0 Å². The van der Waals surface area contributed by atoms with Crippen LogP contribution in [0, 0.1) is 12.3 Å². The molecule has 76 valence electrons. The van der Waals surface area contributed by atoms with Crippen LogP contribution in [0.3, 0.4) is 0 Å². The number of nitrogens with zero attached hydrogens (tertiary/aromatic N) is 2. The zero-order valence-electron chi connectivity index (χ0n) is 8.42. The van der Waals surface area contributed by atoms with E-state index >= 15 is 0 Å². The zero-order chi connectivity index (χ0) is 10.4. The molecule has 0 aromatic rings. The molecule has 0 saturated heterocycles. The Labute approximate surface area is 84.2 Å². The van der Waals surface area contributed by atoms with Crippen molar-refractivity contribution in [3.05, 3.63) is 0 Å². The predicted molar refractivity (Wildman–Crippen MR) is 53.6 cm³/mol. The highest BCUT2D eigenvalue weighted by Crippen LogP contribution is 2.37. The first-order chi connectivity index (χ1) is 6.72. The summed E-state index contributed by atoms with van der Waals surface area (Å²) in [4.78, 5) is 11.2. The van der Waals surface area contributed by atoms with Crippen LogP contribution >= 0.6 is 0 Å². The summed E-state index contributed by atoms with van der Waals surface area (Å²) in [6.07, 6.45) is 7.75. The molecule has 1 aliphatic heterocycles. The van der Waals surface area contributed by atoms with Gasteiger partial charge in [-0.15, -0.1) is 12.3 Å². The fourth-order valence-electron chi connectivity index (χ4n) is 1.27. The normalized spacial score (nSPS) is 16.0. The monoisotopic (exact) mass is 193 g/mol. The Bertz CT molecular complexity index is 272. The molecule has 1 aliphatic rings. The van der Waals surface area contributed by atoms with Crippen molar-refractivity contribution in [1.29, 1.82) is 0 Å². The van der Waals surface area contributed by atoms with Crippen molar-refractivity contribution in [2.75, 3.05) is 6.54 Å². The number of nitrogens with one attached hydrogen (secondary N) is 1. The maximum absolute atomic E-state index is 11.2. The second-order valence-corrected chi connectivity index (χ2v) is 3.34. The van der Waals surface area contributed by atoms with Crippen molar-refractivity contribution in [3.8, 4) is 12.3 Å². The van der Waals surface area contributed by atoms with E-state index in [4.69, 9.17) is 6.42 Å². The van der Waals surface area contributed by atoms with E-state index in [9.17, 15) is 4.79 Å². The minimum absolute atomic E-state index is 0.0601. The Morgan fingerprint density at radius 3 is 2.71 bits per heavy atom. The molecular weight excluding hydrogens is 178 g/mol. The maximum atomic E-state index is 11.2. The molecule has 0 radical (unpaired) electrons. The molecule has 0 unspecified atom stereocenters. The molecule has 0 aromatic carbocycles. The van der Waals surface area contributed by atoms with Gasteiger partial charge >= 0.3 is 0 Å². The van der Waals surface area contributed by atoms with Gasteiger partial charge in [0.1, 0.15) is 0 Å². The lowest BCUT2D eigenvalue weighted by Crippen LogP contribution is -2.24. The van der Waals surface area contributed by atoms with Crippen molar-refractivity contribution < 1.29 is 4.79 Å². The Morgan fingerprint density at radius 1 is 1.50 bits per heavy atom. The van der Waals surface area contributed by atoms with Crippen molar-refractivity contribution in [2.24, 2.45) is 10.2 Å². The first-order valence-corrected chi connectivity index (χ1v) is 4.86. The highest BCUT2D eigenvalue weighted by Gasteiger charge is 2.39.